The van der Waals surface area contributed by atoms with E-state index in [4.69, 9.17) is 16.3 Å². The molecule has 2 rings (SSSR count). The zero-order chi connectivity index (χ0) is 23.7. The first-order valence-corrected chi connectivity index (χ1v) is 12.3. The lowest BCUT2D eigenvalue weighted by molar-refractivity contribution is -0.116. The van der Waals surface area contributed by atoms with Crippen LogP contribution in [0.1, 0.15) is 28.8 Å². The average Bonchev–Trinajstić information content (AvgIpc) is 2.73. The van der Waals surface area contributed by atoms with Gasteiger partial charge in [-0.3, -0.25) is 13.9 Å². The average molecular weight is 482 g/mol. The van der Waals surface area contributed by atoms with Crippen LogP contribution < -0.4 is 14.9 Å². The summed E-state index contributed by atoms with van der Waals surface area (Å²) in [6.45, 7) is 2.59. The van der Waals surface area contributed by atoms with Crippen LogP contribution in [0, 0.1) is 6.92 Å². The number of nitrogens with one attached hydrogen (secondary N) is 2. The highest BCUT2D eigenvalue weighted by Gasteiger charge is 2.20. The van der Waals surface area contributed by atoms with Crippen molar-refractivity contribution >= 4 is 44.8 Å². The van der Waals surface area contributed by atoms with E-state index in [1.165, 1.54) is 4.31 Å². The summed E-state index contributed by atoms with van der Waals surface area (Å²) in [5, 5.41) is 5.92. The normalized spacial score (nSPS) is 11.1. The molecule has 0 unspecified atom stereocenters. The number of sulfonamides is 1. The van der Waals surface area contributed by atoms with Gasteiger partial charge in [-0.1, -0.05) is 29.8 Å². The molecule has 10 heteroatoms. The summed E-state index contributed by atoms with van der Waals surface area (Å²) < 4.78 is 30.8. The molecule has 0 aliphatic heterocycles. The number of rotatable bonds is 11. The van der Waals surface area contributed by atoms with Gasteiger partial charge in [0.25, 0.3) is 5.91 Å². The highest BCUT2D eigenvalue weighted by Crippen LogP contribution is 2.28. The molecule has 2 aromatic carbocycles. The van der Waals surface area contributed by atoms with Gasteiger partial charge in [0, 0.05) is 31.6 Å². The first-order chi connectivity index (χ1) is 15.1. The molecule has 0 aliphatic carbocycles. The van der Waals surface area contributed by atoms with Gasteiger partial charge >= 0.3 is 0 Å². The summed E-state index contributed by atoms with van der Waals surface area (Å²) in [6, 6.07) is 11.7. The maximum Gasteiger partial charge on any atom is 0.253 e. The molecule has 2 N–H and O–H groups in total. The predicted octanol–water partition coefficient (Wildman–Crippen LogP) is 3.21. The molecule has 0 saturated heterocycles. The zero-order valence-corrected chi connectivity index (χ0v) is 19.9. The van der Waals surface area contributed by atoms with Gasteiger partial charge in [0.15, 0.2) is 0 Å². The van der Waals surface area contributed by atoms with Gasteiger partial charge in [0.05, 0.1) is 29.8 Å². The Balaban J connectivity index is 2.02. The van der Waals surface area contributed by atoms with E-state index < -0.39 is 10.0 Å². The first-order valence-electron chi connectivity index (χ1n) is 10.0. The number of para-hydroxylation sites is 1. The van der Waals surface area contributed by atoms with Gasteiger partial charge in [-0.15, -0.1) is 0 Å². The number of benzene rings is 2. The first kappa shape index (κ1) is 25.6. The van der Waals surface area contributed by atoms with Crippen LogP contribution in [0.15, 0.2) is 42.5 Å². The molecule has 0 fully saturated rings. The third-order valence-electron chi connectivity index (χ3n) is 4.71. The summed E-state index contributed by atoms with van der Waals surface area (Å²) in [5.41, 5.74) is 1.86. The van der Waals surface area contributed by atoms with Crippen LogP contribution in [0.25, 0.3) is 0 Å². The Morgan fingerprint density at radius 1 is 1.12 bits per heavy atom. The third kappa shape index (κ3) is 7.22. The van der Waals surface area contributed by atoms with Crippen molar-refractivity contribution in [3.8, 4) is 0 Å². The molecule has 0 radical (unpaired) electrons. The molecule has 0 bridgehead atoms. The van der Waals surface area contributed by atoms with E-state index in [1.807, 2.05) is 0 Å². The highest BCUT2D eigenvalue weighted by atomic mass is 35.5. The molecule has 2 amide bonds. The van der Waals surface area contributed by atoms with Crippen molar-refractivity contribution < 1.29 is 22.7 Å². The number of hydrogen-bond acceptors (Lipinski definition) is 5. The van der Waals surface area contributed by atoms with Gasteiger partial charge in [-0.05, 0) is 43.2 Å². The third-order valence-corrected chi connectivity index (χ3v) is 6.30. The molecular weight excluding hydrogens is 454 g/mol. The maximum atomic E-state index is 12.5. The SMILES string of the molecule is COCCNC(=O)c1ccccc1NC(=O)CCCN(c1cccc(Cl)c1C)S(C)(=O)=O. The Labute approximate surface area is 193 Å². The van der Waals surface area contributed by atoms with E-state index in [0.29, 0.717) is 40.7 Å². The number of anilines is 2. The number of ether oxygens (including phenoxy) is 1. The molecule has 174 valence electrons. The lowest BCUT2D eigenvalue weighted by Gasteiger charge is -2.24. The van der Waals surface area contributed by atoms with Crippen LogP contribution >= 0.6 is 11.6 Å². The van der Waals surface area contributed by atoms with Crippen molar-refractivity contribution in [3.63, 3.8) is 0 Å². The Hall–Kier alpha value is -2.62. The Bertz CT molecular complexity index is 1060. The Morgan fingerprint density at radius 3 is 2.53 bits per heavy atom. The number of halogens is 1. The van der Waals surface area contributed by atoms with Gasteiger partial charge in [-0.25, -0.2) is 8.42 Å². The second-order valence-electron chi connectivity index (χ2n) is 7.17. The van der Waals surface area contributed by atoms with Crippen molar-refractivity contribution in [1.29, 1.82) is 0 Å². The van der Waals surface area contributed by atoms with Crippen LogP contribution in [-0.4, -0.2) is 53.3 Å². The van der Waals surface area contributed by atoms with E-state index in [9.17, 15) is 18.0 Å². The quantitative estimate of drug-likeness (QED) is 0.479. The second-order valence-corrected chi connectivity index (χ2v) is 9.48. The lowest BCUT2D eigenvalue weighted by atomic mass is 10.1. The topological polar surface area (TPSA) is 105 Å². The molecule has 8 nitrogen and oxygen atoms in total. The molecule has 0 spiro atoms. The Kier molecular flexibility index (Phi) is 9.49. The summed E-state index contributed by atoms with van der Waals surface area (Å²) in [7, 11) is -2.02. The summed E-state index contributed by atoms with van der Waals surface area (Å²) in [5.74, 6) is -0.643. The van der Waals surface area contributed by atoms with Crippen molar-refractivity contribution in [2.75, 3.05) is 42.7 Å². The molecule has 0 atom stereocenters. The van der Waals surface area contributed by atoms with Crippen molar-refractivity contribution in [2.24, 2.45) is 0 Å². The van der Waals surface area contributed by atoms with Crippen LogP contribution in [0.4, 0.5) is 11.4 Å². The fourth-order valence-electron chi connectivity index (χ4n) is 3.08. The molecular formula is C22H28ClN3O5S. The minimum Gasteiger partial charge on any atom is -0.383 e. The highest BCUT2D eigenvalue weighted by molar-refractivity contribution is 7.92. The molecule has 0 aromatic heterocycles. The van der Waals surface area contributed by atoms with Crippen LogP contribution in [0.5, 0.6) is 0 Å². The van der Waals surface area contributed by atoms with E-state index in [0.717, 1.165) is 6.26 Å². The van der Waals surface area contributed by atoms with Crippen LogP contribution in [0.2, 0.25) is 5.02 Å². The van der Waals surface area contributed by atoms with Gasteiger partial charge in [0.1, 0.15) is 0 Å². The van der Waals surface area contributed by atoms with Crippen molar-refractivity contribution in [2.45, 2.75) is 19.8 Å². The van der Waals surface area contributed by atoms with Gasteiger partial charge in [0.2, 0.25) is 15.9 Å². The molecule has 0 aliphatic rings. The van der Waals surface area contributed by atoms with Gasteiger partial charge in [-0.2, -0.15) is 0 Å². The predicted molar refractivity (Wildman–Crippen MR) is 127 cm³/mol. The smallest absolute Gasteiger partial charge is 0.253 e. The monoisotopic (exact) mass is 481 g/mol. The fourth-order valence-corrected chi connectivity index (χ4v) is 4.26. The van der Waals surface area contributed by atoms with E-state index in [2.05, 4.69) is 10.6 Å². The number of carbonyl (C=O) groups is 2. The number of carbonyl (C=O) groups excluding carboxylic acids is 2. The number of hydrogen-bond donors (Lipinski definition) is 2. The Morgan fingerprint density at radius 2 is 1.84 bits per heavy atom. The minimum absolute atomic E-state index is 0.0747. The largest absolute Gasteiger partial charge is 0.383 e. The number of nitrogens with zero attached hydrogens (tertiary/aromatic N) is 1. The number of amides is 2. The zero-order valence-electron chi connectivity index (χ0n) is 18.4. The lowest BCUT2D eigenvalue weighted by Crippen LogP contribution is -2.32. The van der Waals surface area contributed by atoms with Crippen molar-refractivity contribution in [3.05, 3.63) is 58.6 Å². The van der Waals surface area contributed by atoms with E-state index >= 15 is 0 Å². The second kappa shape index (κ2) is 11.8. The molecule has 32 heavy (non-hydrogen) atoms. The van der Waals surface area contributed by atoms with Crippen LogP contribution in [-0.2, 0) is 19.6 Å². The number of methoxy groups -OCH3 is 1. The van der Waals surface area contributed by atoms with E-state index in [-0.39, 0.29) is 31.2 Å². The van der Waals surface area contributed by atoms with Crippen molar-refractivity contribution in [1.82, 2.24) is 5.32 Å². The molecule has 2 aromatic rings. The summed E-state index contributed by atoms with van der Waals surface area (Å²) in [6.07, 6.45) is 1.48. The maximum absolute atomic E-state index is 12.5. The molecule has 0 heterocycles. The summed E-state index contributed by atoms with van der Waals surface area (Å²) >= 11 is 6.14. The fraction of sp³-hybridized carbons (Fsp3) is 0.364. The summed E-state index contributed by atoms with van der Waals surface area (Å²) in [4.78, 5) is 24.8. The van der Waals surface area contributed by atoms with Crippen LogP contribution in [0.3, 0.4) is 0 Å². The standard InChI is InChI=1S/C22H28ClN3O5S/c1-16-18(23)9-6-11-20(16)26(32(3,29)30)14-7-12-21(27)25-19-10-5-4-8-17(19)22(28)24-13-15-31-2/h4-6,8-11H,7,12-15H2,1-3H3,(H,24,28)(H,25,27). The minimum atomic E-state index is -3.56. The van der Waals surface area contributed by atoms with E-state index in [1.54, 1.807) is 56.5 Å². The molecule has 0 saturated carbocycles. The van der Waals surface area contributed by atoms with Gasteiger partial charge < -0.3 is 15.4 Å².